The normalized spacial score (nSPS) is 14.4. The number of rotatable bonds is 11. The van der Waals surface area contributed by atoms with Crippen molar-refractivity contribution in [1.82, 2.24) is 10.6 Å². The summed E-state index contributed by atoms with van der Waals surface area (Å²) in [4.78, 5) is 39.2. The quantitative estimate of drug-likeness (QED) is 0.254. The van der Waals surface area contributed by atoms with E-state index in [1.807, 2.05) is 38.1 Å². The molecule has 0 saturated heterocycles. The number of anilines is 1. The van der Waals surface area contributed by atoms with Crippen molar-refractivity contribution in [2.24, 2.45) is 5.92 Å². The molecule has 2 unspecified atom stereocenters. The van der Waals surface area contributed by atoms with Gasteiger partial charge in [-0.25, -0.2) is 0 Å². The van der Waals surface area contributed by atoms with Crippen molar-refractivity contribution in [3.8, 4) is 34.1 Å². The fourth-order valence-corrected chi connectivity index (χ4v) is 5.63. The molecule has 3 aromatic carbocycles. The average Bonchev–Trinajstić information content (AvgIpc) is 3.23. The molecule has 44 heavy (non-hydrogen) atoms. The van der Waals surface area contributed by atoms with Gasteiger partial charge in [-0.15, -0.1) is 0 Å². The molecule has 0 bridgehead atoms. The molecular formula is C34H41N3O7. The van der Waals surface area contributed by atoms with Crippen molar-refractivity contribution in [3.63, 3.8) is 0 Å². The van der Waals surface area contributed by atoms with Crippen molar-refractivity contribution in [2.75, 3.05) is 33.2 Å². The number of carbonyl (C=O) groups excluding carboxylic acids is 2. The van der Waals surface area contributed by atoms with Crippen molar-refractivity contribution >= 4 is 17.5 Å². The van der Waals surface area contributed by atoms with Crippen LogP contribution >= 0.6 is 0 Å². The molecular weight excluding hydrogens is 562 g/mol. The standard InChI is InChI=1S/C34H41N3O7/c1-19(2)31(34(41)35-16-15-21-7-10-23(39)11-8-21)37-27-14-12-24-25(18-28(27)40)26(36-20(3)38)13-9-22-17-29(42-4)32(43-5)33(44-6)30(22)24/h7-8,10-12,14,17-19,26,31,39H,9,13,15-16H2,1-6H3,(H,35,41)(H,36,38)(H,37,40). The molecule has 4 rings (SSSR count). The number of aromatic hydroxyl groups is 1. The van der Waals surface area contributed by atoms with Gasteiger partial charge in [0.2, 0.25) is 23.0 Å². The summed E-state index contributed by atoms with van der Waals surface area (Å²) in [7, 11) is 4.65. The minimum atomic E-state index is -0.679. The van der Waals surface area contributed by atoms with Gasteiger partial charge in [-0.1, -0.05) is 32.0 Å². The van der Waals surface area contributed by atoms with Gasteiger partial charge in [0.25, 0.3) is 0 Å². The Morgan fingerprint density at radius 3 is 2.30 bits per heavy atom. The van der Waals surface area contributed by atoms with Gasteiger partial charge in [-0.05, 0) is 77.8 Å². The minimum Gasteiger partial charge on any atom is -0.508 e. The first-order valence-electron chi connectivity index (χ1n) is 14.7. The van der Waals surface area contributed by atoms with Crippen molar-refractivity contribution in [3.05, 3.63) is 75.4 Å². The maximum Gasteiger partial charge on any atom is 0.242 e. The molecule has 0 aromatic heterocycles. The maximum absolute atomic E-state index is 13.7. The number of hydrogen-bond donors (Lipinski definition) is 4. The van der Waals surface area contributed by atoms with E-state index in [0.29, 0.717) is 54.2 Å². The van der Waals surface area contributed by atoms with E-state index in [0.717, 1.165) is 16.7 Å². The van der Waals surface area contributed by atoms with Gasteiger partial charge in [0, 0.05) is 19.0 Å². The molecule has 2 amide bonds. The third-order valence-electron chi connectivity index (χ3n) is 7.83. The van der Waals surface area contributed by atoms with E-state index in [9.17, 15) is 19.5 Å². The maximum atomic E-state index is 13.7. The summed E-state index contributed by atoms with van der Waals surface area (Å²) in [5.74, 6) is 1.03. The van der Waals surface area contributed by atoms with Gasteiger partial charge in [0.05, 0.1) is 33.1 Å². The second-order valence-electron chi connectivity index (χ2n) is 11.2. The van der Waals surface area contributed by atoms with Crippen LogP contribution in [0.3, 0.4) is 0 Å². The van der Waals surface area contributed by atoms with Crippen LogP contribution in [-0.2, 0) is 22.4 Å². The highest BCUT2D eigenvalue weighted by atomic mass is 16.5. The number of fused-ring (bicyclic) bond motifs is 3. The summed E-state index contributed by atoms with van der Waals surface area (Å²) in [6.45, 7) is 5.67. The number of benzene rings is 2. The molecule has 4 N–H and O–H groups in total. The SMILES string of the molecule is COc1cc2c(c(OC)c1OC)-c1ccc(NC(C(=O)NCCc3ccc(O)cc3)C(C)C)c(=O)cc1C(NC(C)=O)CC2. The predicted molar refractivity (Wildman–Crippen MR) is 170 cm³/mol. The van der Waals surface area contributed by atoms with Crippen LogP contribution in [-0.4, -0.2) is 50.8 Å². The summed E-state index contributed by atoms with van der Waals surface area (Å²) in [5.41, 5.74) is 3.95. The Morgan fingerprint density at radius 2 is 1.68 bits per heavy atom. The molecule has 0 aliphatic heterocycles. The first-order chi connectivity index (χ1) is 21.1. The lowest BCUT2D eigenvalue weighted by Crippen LogP contribution is -2.44. The second-order valence-corrected chi connectivity index (χ2v) is 11.2. The Labute approximate surface area is 257 Å². The highest BCUT2D eigenvalue weighted by Gasteiger charge is 2.30. The number of phenols is 1. The number of hydrogen-bond acceptors (Lipinski definition) is 8. The van der Waals surface area contributed by atoms with Crippen molar-refractivity contribution < 1.29 is 28.9 Å². The molecule has 0 fully saturated rings. The lowest BCUT2D eigenvalue weighted by Gasteiger charge is -2.22. The summed E-state index contributed by atoms with van der Waals surface area (Å²) in [6.07, 6.45) is 1.73. The third kappa shape index (κ3) is 7.07. The van der Waals surface area contributed by atoms with Gasteiger partial charge in [0.15, 0.2) is 11.5 Å². The average molecular weight is 604 g/mol. The van der Waals surface area contributed by atoms with E-state index in [2.05, 4.69) is 16.0 Å². The lowest BCUT2D eigenvalue weighted by molar-refractivity contribution is -0.122. The first kappa shape index (κ1) is 32.2. The molecule has 10 nitrogen and oxygen atoms in total. The van der Waals surface area contributed by atoms with Crippen molar-refractivity contribution in [2.45, 2.75) is 52.1 Å². The number of carbonyl (C=O) groups is 2. The van der Waals surface area contributed by atoms with E-state index in [-0.39, 0.29) is 34.6 Å². The number of phenolic OH excluding ortho intramolecular Hbond substituents is 1. The van der Waals surface area contributed by atoms with Crippen LogP contribution in [0.4, 0.5) is 5.69 Å². The molecule has 2 atom stereocenters. The zero-order chi connectivity index (χ0) is 32.0. The predicted octanol–water partition coefficient (Wildman–Crippen LogP) is 4.36. The van der Waals surface area contributed by atoms with Gasteiger partial charge >= 0.3 is 0 Å². The van der Waals surface area contributed by atoms with Gasteiger partial charge in [-0.3, -0.25) is 14.4 Å². The number of methoxy groups -OCH3 is 3. The summed E-state index contributed by atoms with van der Waals surface area (Å²) < 4.78 is 17.1. The van der Waals surface area contributed by atoms with Crippen LogP contribution in [0, 0.1) is 5.92 Å². The van der Waals surface area contributed by atoms with Crippen LogP contribution in [0.5, 0.6) is 23.0 Å². The van der Waals surface area contributed by atoms with Gasteiger partial charge in [0.1, 0.15) is 11.8 Å². The highest BCUT2D eigenvalue weighted by molar-refractivity contribution is 5.86. The third-order valence-corrected chi connectivity index (χ3v) is 7.83. The van der Waals surface area contributed by atoms with E-state index < -0.39 is 12.1 Å². The Morgan fingerprint density at radius 1 is 0.977 bits per heavy atom. The minimum absolute atomic E-state index is 0.129. The van der Waals surface area contributed by atoms with Gasteiger partial charge < -0.3 is 35.3 Å². The Hall–Kier alpha value is -4.73. The fourth-order valence-electron chi connectivity index (χ4n) is 5.63. The molecule has 0 radical (unpaired) electrons. The highest BCUT2D eigenvalue weighted by Crippen LogP contribution is 2.50. The number of nitrogens with one attached hydrogen (secondary N) is 3. The monoisotopic (exact) mass is 603 g/mol. The van der Waals surface area contributed by atoms with E-state index in [1.54, 1.807) is 32.4 Å². The largest absolute Gasteiger partial charge is 0.508 e. The van der Waals surface area contributed by atoms with E-state index in [1.165, 1.54) is 20.1 Å². The number of aryl methyl sites for hydroxylation is 1. The Balaban J connectivity index is 1.73. The van der Waals surface area contributed by atoms with Crippen molar-refractivity contribution in [1.29, 1.82) is 0 Å². The molecule has 1 aliphatic rings. The molecule has 0 saturated carbocycles. The van der Waals surface area contributed by atoms with Crippen LogP contribution in [0.2, 0.25) is 0 Å². The van der Waals surface area contributed by atoms with E-state index in [4.69, 9.17) is 14.2 Å². The second kappa shape index (κ2) is 14.2. The number of ether oxygens (including phenoxy) is 3. The molecule has 234 valence electrons. The zero-order valence-electron chi connectivity index (χ0n) is 26.1. The molecule has 1 aliphatic carbocycles. The fraction of sp³-hybridized carbons (Fsp3) is 0.382. The molecule has 3 aromatic rings. The lowest BCUT2D eigenvalue weighted by atomic mass is 9.95. The zero-order valence-corrected chi connectivity index (χ0v) is 26.1. The molecule has 0 heterocycles. The van der Waals surface area contributed by atoms with Crippen LogP contribution in [0.1, 0.15) is 49.9 Å². The van der Waals surface area contributed by atoms with Crippen LogP contribution < -0.4 is 35.6 Å². The summed E-state index contributed by atoms with van der Waals surface area (Å²) in [6, 6.07) is 12.7. The van der Waals surface area contributed by atoms with Crippen LogP contribution in [0.15, 0.2) is 53.3 Å². The van der Waals surface area contributed by atoms with E-state index >= 15 is 0 Å². The Kier molecular flexibility index (Phi) is 10.4. The topological polar surface area (TPSA) is 135 Å². The molecule has 0 spiro atoms. The first-order valence-corrected chi connectivity index (χ1v) is 14.7. The summed E-state index contributed by atoms with van der Waals surface area (Å²) in [5, 5.41) is 18.7. The van der Waals surface area contributed by atoms with Gasteiger partial charge in [-0.2, -0.15) is 0 Å². The number of amides is 2. The van der Waals surface area contributed by atoms with Crippen LogP contribution in [0.25, 0.3) is 11.1 Å². The molecule has 10 heteroatoms. The Bertz CT molecular complexity index is 1570. The summed E-state index contributed by atoms with van der Waals surface area (Å²) >= 11 is 0. The smallest absolute Gasteiger partial charge is 0.242 e.